The van der Waals surface area contributed by atoms with Crippen LogP contribution in [-0.2, 0) is 0 Å². The van der Waals surface area contributed by atoms with Gasteiger partial charge >= 0.3 is 0 Å². The molecule has 0 unspecified atom stereocenters. The minimum Gasteiger partial charge on any atom is -0.493 e. The van der Waals surface area contributed by atoms with E-state index in [0.29, 0.717) is 41.1 Å². The fourth-order valence-electron chi connectivity index (χ4n) is 3.38. The first-order chi connectivity index (χ1) is 16.5. The minimum absolute atomic E-state index is 0.0536. The monoisotopic (exact) mass is 485 g/mol. The normalized spacial score (nSPS) is 12.7. The topological polar surface area (TPSA) is 89.6 Å². The van der Waals surface area contributed by atoms with Gasteiger partial charge in [0.1, 0.15) is 0 Å². The number of hydrogen-bond acceptors (Lipinski definition) is 9. The van der Waals surface area contributed by atoms with Crippen LogP contribution < -0.4 is 29.6 Å². The predicted octanol–water partition coefficient (Wildman–Crippen LogP) is 5.91. The number of aromatic nitrogens is 2. The van der Waals surface area contributed by atoms with Gasteiger partial charge < -0.3 is 29.6 Å². The quantitative estimate of drug-likeness (QED) is 0.287. The fourth-order valence-corrected chi connectivity index (χ4v) is 3.86. The number of halogens is 1. The van der Waals surface area contributed by atoms with Crippen molar-refractivity contribution in [3.8, 4) is 17.2 Å². The third-order valence-corrected chi connectivity index (χ3v) is 5.75. The molecule has 180 valence electrons. The van der Waals surface area contributed by atoms with Gasteiger partial charge in [0.15, 0.2) is 23.1 Å². The number of benzene rings is 2. The molecule has 1 fully saturated rings. The molecule has 1 aromatic heterocycles. The van der Waals surface area contributed by atoms with E-state index in [-0.39, 0.29) is 11.8 Å². The van der Waals surface area contributed by atoms with Crippen LogP contribution >= 0.6 is 11.9 Å². The highest BCUT2D eigenvalue weighted by Gasteiger charge is 2.24. The summed E-state index contributed by atoms with van der Waals surface area (Å²) in [5, 5.41) is 6.19. The molecule has 1 aliphatic rings. The molecule has 0 bridgehead atoms. The maximum absolute atomic E-state index is 14.6. The molecule has 4 rings (SSSR count). The standard InChI is InChI=1S/C24H28FN5O3S/c1-14-6-5-7-18(21(14)30-34-4)28-23-17(25)12-26-24(29-23)27-16-10-19(31-2)22(32-3)20(11-16)33-13-15-8-9-15/h5-7,10-12,15,30H,8-9,13H2,1-4H3,(H2,26,27,28,29). The summed E-state index contributed by atoms with van der Waals surface area (Å²) in [4.78, 5) is 8.44. The average molecular weight is 486 g/mol. The summed E-state index contributed by atoms with van der Waals surface area (Å²) in [7, 11) is 3.13. The number of nitrogens with one attached hydrogen (secondary N) is 3. The molecular formula is C24H28FN5O3S. The lowest BCUT2D eigenvalue weighted by Crippen LogP contribution is -2.06. The van der Waals surface area contributed by atoms with Crippen molar-refractivity contribution in [1.29, 1.82) is 0 Å². The van der Waals surface area contributed by atoms with Crippen LogP contribution in [0, 0.1) is 18.7 Å². The summed E-state index contributed by atoms with van der Waals surface area (Å²) in [6.45, 7) is 2.60. The second-order valence-electron chi connectivity index (χ2n) is 7.91. The Bertz CT molecular complexity index is 1160. The highest BCUT2D eigenvalue weighted by atomic mass is 32.2. The average Bonchev–Trinajstić information content (AvgIpc) is 3.66. The Labute approximate surface area is 202 Å². The van der Waals surface area contributed by atoms with Gasteiger partial charge in [0.25, 0.3) is 0 Å². The van der Waals surface area contributed by atoms with Crippen molar-refractivity contribution in [2.75, 3.05) is 42.4 Å². The van der Waals surface area contributed by atoms with Crippen molar-refractivity contribution in [2.45, 2.75) is 19.8 Å². The largest absolute Gasteiger partial charge is 0.493 e. The SMILES string of the molecule is COc1cc(Nc2ncc(F)c(Nc3cccc(C)c3NSC)n2)cc(OCC2CC2)c1OC. The zero-order chi connectivity index (χ0) is 24.1. The smallest absolute Gasteiger partial charge is 0.229 e. The van der Waals surface area contributed by atoms with Gasteiger partial charge in [0.2, 0.25) is 11.7 Å². The Morgan fingerprint density at radius 2 is 1.91 bits per heavy atom. The highest BCUT2D eigenvalue weighted by Crippen LogP contribution is 2.42. The van der Waals surface area contributed by atoms with Crippen LogP contribution in [0.5, 0.6) is 17.2 Å². The zero-order valence-electron chi connectivity index (χ0n) is 19.6. The summed E-state index contributed by atoms with van der Waals surface area (Å²) in [5.41, 5.74) is 3.22. The molecule has 0 amide bonds. The Hall–Kier alpha value is -3.40. The van der Waals surface area contributed by atoms with E-state index in [0.717, 1.165) is 17.4 Å². The molecule has 0 aliphatic heterocycles. The highest BCUT2D eigenvalue weighted by molar-refractivity contribution is 7.99. The second-order valence-corrected chi connectivity index (χ2v) is 8.52. The number of rotatable bonds is 11. The molecule has 1 aliphatic carbocycles. The first kappa shape index (κ1) is 23.7. The van der Waals surface area contributed by atoms with Crippen molar-refractivity contribution in [3.05, 3.63) is 47.9 Å². The predicted molar refractivity (Wildman–Crippen MR) is 135 cm³/mol. The molecule has 10 heteroatoms. The Morgan fingerprint density at radius 3 is 2.62 bits per heavy atom. The van der Waals surface area contributed by atoms with Crippen molar-refractivity contribution < 1.29 is 18.6 Å². The van der Waals surface area contributed by atoms with Crippen molar-refractivity contribution >= 4 is 40.8 Å². The maximum Gasteiger partial charge on any atom is 0.229 e. The lowest BCUT2D eigenvalue weighted by molar-refractivity contribution is 0.272. The van der Waals surface area contributed by atoms with E-state index < -0.39 is 5.82 Å². The van der Waals surface area contributed by atoms with Gasteiger partial charge in [-0.15, -0.1) is 0 Å². The number of nitrogens with zero attached hydrogens (tertiary/aromatic N) is 2. The van der Waals surface area contributed by atoms with Crippen molar-refractivity contribution in [2.24, 2.45) is 5.92 Å². The van der Waals surface area contributed by atoms with E-state index in [1.807, 2.05) is 31.4 Å². The van der Waals surface area contributed by atoms with Gasteiger partial charge in [-0.3, -0.25) is 0 Å². The van der Waals surface area contributed by atoms with Crippen molar-refractivity contribution in [3.63, 3.8) is 0 Å². The van der Waals surface area contributed by atoms with Crippen LogP contribution in [0.1, 0.15) is 18.4 Å². The summed E-state index contributed by atoms with van der Waals surface area (Å²) in [5.74, 6) is 1.87. The van der Waals surface area contributed by atoms with Gasteiger partial charge in [-0.1, -0.05) is 24.1 Å². The molecular weight excluding hydrogens is 457 g/mol. The number of anilines is 5. The summed E-state index contributed by atoms with van der Waals surface area (Å²) in [6.07, 6.45) is 5.40. The molecule has 3 aromatic rings. The van der Waals surface area contributed by atoms with Crippen LogP contribution in [0.4, 0.5) is 33.2 Å². The number of hydrogen-bond donors (Lipinski definition) is 3. The third kappa shape index (κ3) is 5.56. The third-order valence-electron chi connectivity index (χ3n) is 5.35. The number of ether oxygens (including phenoxy) is 3. The van der Waals surface area contributed by atoms with Gasteiger partial charge in [0.05, 0.1) is 38.4 Å². The lowest BCUT2D eigenvalue weighted by atomic mass is 10.2. The van der Waals surface area contributed by atoms with E-state index >= 15 is 0 Å². The minimum atomic E-state index is -0.567. The van der Waals surface area contributed by atoms with E-state index in [1.165, 1.54) is 24.8 Å². The summed E-state index contributed by atoms with van der Waals surface area (Å²) in [6, 6.07) is 9.29. The molecule has 0 spiro atoms. The first-order valence-electron chi connectivity index (χ1n) is 10.9. The van der Waals surface area contributed by atoms with E-state index in [2.05, 4.69) is 25.3 Å². The Morgan fingerprint density at radius 1 is 1.12 bits per heavy atom. The number of aryl methyl sites for hydroxylation is 1. The van der Waals surface area contributed by atoms with Gasteiger partial charge in [-0.05, 0) is 37.3 Å². The molecule has 1 heterocycles. The molecule has 3 N–H and O–H groups in total. The number of methoxy groups -OCH3 is 2. The van der Waals surface area contributed by atoms with Crippen LogP contribution in [-0.4, -0.2) is 37.1 Å². The van der Waals surface area contributed by atoms with E-state index in [9.17, 15) is 4.39 Å². The molecule has 2 aromatic carbocycles. The van der Waals surface area contributed by atoms with Crippen LogP contribution in [0.3, 0.4) is 0 Å². The summed E-state index contributed by atoms with van der Waals surface area (Å²) < 4.78 is 34.7. The van der Waals surface area contributed by atoms with Crippen LogP contribution in [0.15, 0.2) is 36.5 Å². The lowest BCUT2D eigenvalue weighted by Gasteiger charge is -2.17. The molecule has 8 nitrogen and oxygen atoms in total. The van der Waals surface area contributed by atoms with Crippen LogP contribution in [0.25, 0.3) is 0 Å². The molecule has 1 saturated carbocycles. The number of para-hydroxylation sites is 1. The van der Waals surface area contributed by atoms with Gasteiger partial charge in [-0.2, -0.15) is 4.98 Å². The molecule has 0 atom stereocenters. The first-order valence-corrected chi connectivity index (χ1v) is 12.1. The summed E-state index contributed by atoms with van der Waals surface area (Å²) >= 11 is 1.46. The van der Waals surface area contributed by atoms with E-state index in [1.54, 1.807) is 26.4 Å². The van der Waals surface area contributed by atoms with Crippen LogP contribution in [0.2, 0.25) is 0 Å². The maximum atomic E-state index is 14.6. The zero-order valence-corrected chi connectivity index (χ0v) is 20.4. The molecule has 34 heavy (non-hydrogen) atoms. The van der Waals surface area contributed by atoms with E-state index in [4.69, 9.17) is 14.2 Å². The van der Waals surface area contributed by atoms with Gasteiger partial charge in [0, 0.05) is 24.1 Å². The fraction of sp³-hybridized carbons (Fsp3) is 0.333. The van der Waals surface area contributed by atoms with Crippen molar-refractivity contribution in [1.82, 2.24) is 9.97 Å². The second kappa shape index (κ2) is 10.7. The Kier molecular flexibility index (Phi) is 7.46. The van der Waals surface area contributed by atoms with Gasteiger partial charge in [-0.25, -0.2) is 9.37 Å². The Balaban J connectivity index is 1.60. The molecule has 0 radical (unpaired) electrons. The molecule has 0 saturated heterocycles.